The highest BCUT2D eigenvalue weighted by Gasteiger charge is 2.31. The smallest absolute Gasteiger partial charge is 0.220 e. The summed E-state index contributed by atoms with van der Waals surface area (Å²) in [5.74, 6) is 1.04. The molecular weight excluding hydrogens is 358 g/mol. The number of aromatic nitrogens is 3. The average Bonchev–Trinajstić information content (AvgIpc) is 3.08. The number of hydrogen-bond acceptors (Lipinski definition) is 5. The van der Waals surface area contributed by atoms with Gasteiger partial charge in [0.2, 0.25) is 5.91 Å². The predicted molar refractivity (Wildman–Crippen MR) is 107 cm³/mol. The van der Waals surface area contributed by atoms with Crippen molar-refractivity contribution in [3.8, 4) is 5.00 Å². The maximum absolute atomic E-state index is 11.7. The first-order valence-electron chi connectivity index (χ1n) is 8.82. The van der Waals surface area contributed by atoms with Crippen LogP contribution in [0.15, 0.2) is 29.3 Å². The number of aliphatic imine (C=N–C) groups is 1. The largest absolute Gasteiger partial charge is 0.370 e. The number of primary amides is 1. The van der Waals surface area contributed by atoms with E-state index >= 15 is 0 Å². The molecule has 0 spiro atoms. The van der Waals surface area contributed by atoms with Gasteiger partial charge in [-0.15, -0.1) is 21.5 Å². The van der Waals surface area contributed by atoms with Gasteiger partial charge in [-0.2, -0.15) is 0 Å². The molecule has 1 aromatic carbocycles. The van der Waals surface area contributed by atoms with Crippen LogP contribution in [0.5, 0.6) is 0 Å². The topological polar surface area (TPSA) is 86.2 Å². The molecule has 1 aliphatic rings. The Kier molecular flexibility index (Phi) is 4.19. The van der Waals surface area contributed by atoms with E-state index in [1.54, 1.807) is 11.3 Å². The molecule has 4 rings (SSSR count). The molecule has 0 aliphatic carbocycles. The normalized spacial score (nSPS) is 15.7. The van der Waals surface area contributed by atoms with E-state index in [4.69, 9.17) is 10.7 Å². The fraction of sp³-hybridized carbons (Fsp3) is 0.300. The Morgan fingerprint density at radius 3 is 2.52 bits per heavy atom. The lowest BCUT2D eigenvalue weighted by Crippen LogP contribution is -2.17. The minimum absolute atomic E-state index is 0.0977. The SMILES string of the molecule is Cc1ccc(C2=N[C@@H](CC(N)=O)c3nnc(C)n3-c3sc(C)c(C)c32)cc1. The monoisotopic (exact) mass is 379 g/mol. The van der Waals surface area contributed by atoms with Gasteiger partial charge in [0.15, 0.2) is 5.82 Å². The molecule has 2 N–H and O–H groups in total. The van der Waals surface area contributed by atoms with Crippen molar-refractivity contribution in [3.63, 3.8) is 0 Å². The second-order valence-electron chi connectivity index (χ2n) is 6.93. The zero-order valence-corrected chi connectivity index (χ0v) is 16.6. The van der Waals surface area contributed by atoms with Gasteiger partial charge in [0, 0.05) is 16.0 Å². The second-order valence-corrected chi connectivity index (χ2v) is 8.14. The molecule has 1 aliphatic heterocycles. The Morgan fingerprint density at radius 1 is 1.15 bits per heavy atom. The van der Waals surface area contributed by atoms with Crippen LogP contribution in [0, 0.1) is 27.7 Å². The van der Waals surface area contributed by atoms with Crippen molar-refractivity contribution in [2.75, 3.05) is 0 Å². The molecule has 2 aromatic heterocycles. The number of rotatable bonds is 3. The molecule has 27 heavy (non-hydrogen) atoms. The van der Waals surface area contributed by atoms with Crippen molar-refractivity contribution < 1.29 is 4.79 Å². The average molecular weight is 379 g/mol. The highest BCUT2D eigenvalue weighted by molar-refractivity contribution is 7.15. The van der Waals surface area contributed by atoms with Gasteiger partial charge in [-0.05, 0) is 33.3 Å². The number of carbonyl (C=O) groups excluding carboxylic acids is 1. The number of hydrogen-bond donors (Lipinski definition) is 1. The molecule has 0 saturated heterocycles. The van der Waals surface area contributed by atoms with Gasteiger partial charge in [0.25, 0.3) is 0 Å². The summed E-state index contributed by atoms with van der Waals surface area (Å²) in [6.45, 7) is 8.21. The number of amides is 1. The summed E-state index contributed by atoms with van der Waals surface area (Å²) in [7, 11) is 0. The van der Waals surface area contributed by atoms with E-state index in [1.165, 1.54) is 16.0 Å². The first-order valence-corrected chi connectivity index (χ1v) is 9.64. The number of thiophene rings is 1. The zero-order valence-electron chi connectivity index (χ0n) is 15.8. The molecule has 0 fully saturated rings. The van der Waals surface area contributed by atoms with E-state index in [0.717, 1.165) is 27.7 Å². The standard InChI is InChI=1S/C20H21N5OS/c1-10-5-7-14(8-6-10)18-17-11(2)12(3)27-20(17)25-13(4)23-24-19(25)15(22-18)9-16(21)26/h5-8,15H,9H2,1-4H3,(H2,21,26)/t15-/m0/s1. The molecular formula is C20H21N5OS. The lowest BCUT2D eigenvalue weighted by molar-refractivity contribution is -0.118. The molecule has 0 saturated carbocycles. The van der Waals surface area contributed by atoms with E-state index in [-0.39, 0.29) is 6.42 Å². The van der Waals surface area contributed by atoms with Crippen molar-refractivity contribution in [3.05, 3.63) is 63.0 Å². The third-order valence-electron chi connectivity index (χ3n) is 4.96. The van der Waals surface area contributed by atoms with Crippen LogP contribution >= 0.6 is 11.3 Å². The molecule has 0 radical (unpaired) electrons. The molecule has 0 bridgehead atoms. The minimum atomic E-state index is -0.459. The molecule has 3 heterocycles. The fourth-order valence-electron chi connectivity index (χ4n) is 3.43. The summed E-state index contributed by atoms with van der Waals surface area (Å²) in [4.78, 5) is 17.9. The van der Waals surface area contributed by atoms with Crippen molar-refractivity contribution >= 4 is 23.0 Å². The Morgan fingerprint density at radius 2 is 1.85 bits per heavy atom. The van der Waals surface area contributed by atoms with Crippen LogP contribution in [0.25, 0.3) is 5.00 Å². The summed E-state index contributed by atoms with van der Waals surface area (Å²) in [5, 5.41) is 9.63. The highest BCUT2D eigenvalue weighted by Crippen LogP contribution is 2.39. The van der Waals surface area contributed by atoms with Crippen LogP contribution in [0.4, 0.5) is 0 Å². The number of fused-ring (bicyclic) bond motifs is 3. The zero-order chi connectivity index (χ0) is 19.3. The Hall–Kier alpha value is -2.80. The van der Waals surface area contributed by atoms with E-state index in [2.05, 4.69) is 55.2 Å². The van der Waals surface area contributed by atoms with Gasteiger partial charge in [0.1, 0.15) is 16.9 Å². The van der Waals surface area contributed by atoms with Crippen molar-refractivity contribution in [2.24, 2.45) is 10.7 Å². The third kappa shape index (κ3) is 2.88. The van der Waals surface area contributed by atoms with Crippen LogP contribution in [0.1, 0.15) is 51.2 Å². The minimum Gasteiger partial charge on any atom is -0.370 e. The molecule has 0 unspecified atom stereocenters. The first-order chi connectivity index (χ1) is 12.9. The first kappa shape index (κ1) is 17.6. The van der Waals surface area contributed by atoms with Gasteiger partial charge in [-0.3, -0.25) is 14.4 Å². The van der Waals surface area contributed by atoms with Crippen LogP contribution in [-0.4, -0.2) is 26.4 Å². The summed E-state index contributed by atoms with van der Waals surface area (Å²) in [5.41, 5.74) is 10.9. The Labute approximate surface area is 161 Å². The fourth-order valence-corrected chi connectivity index (χ4v) is 4.64. The van der Waals surface area contributed by atoms with Crippen LogP contribution in [0.2, 0.25) is 0 Å². The quantitative estimate of drug-likeness (QED) is 0.757. The molecule has 138 valence electrons. The van der Waals surface area contributed by atoms with Gasteiger partial charge in [0.05, 0.1) is 12.1 Å². The summed E-state index contributed by atoms with van der Waals surface area (Å²) in [6, 6.07) is 7.84. The highest BCUT2D eigenvalue weighted by atomic mass is 32.1. The number of carbonyl (C=O) groups is 1. The van der Waals surface area contributed by atoms with E-state index in [0.29, 0.717) is 5.82 Å². The Balaban J connectivity index is 2.04. The molecule has 1 amide bonds. The number of nitrogens with two attached hydrogens (primary N) is 1. The van der Waals surface area contributed by atoms with Gasteiger partial charge < -0.3 is 5.73 Å². The number of nitrogens with zero attached hydrogens (tertiary/aromatic N) is 4. The maximum atomic E-state index is 11.7. The number of benzene rings is 1. The second kappa shape index (κ2) is 6.42. The molecule has 7 heteroatoms. The summed E-state index contributed by atoms with van der Waals surface area (Å²) >= 11 is 1.70. The summed E-state index contributed by atoms with van der Waals surface area (Å²) in [6.07, 6.45) is 0.0977. The van der Waals surface area contributed by atoms with E-state index < -0.39 is 11.9 Å². The van der Waals surface area contributed by atoms with Gasteiger partial charge in [-0.25, -0.2) is 0 Å². The molecule has 1 atom stereocenters. The Bertz CT molecular complexity index is 1070. The van der Waals surface area contributed by atoms with Crippen molar-refractivity contribution in [2.45, 2.75) is 40.2 Å². The van der Waals surface area contributed by atoms with Gasteiger partial charge >= 0.3 is 0 Å². The maximum Gasteiger partial charge on any atom is 0.220 e. The van der Waals surface area contributed by atoms with Gasteiger partial charge in [-0.1, -0.05) is 29.8 Å². The lowest BCUT2D eigenvalue weighted by atomic mass is 9.99. The van der Waals surface area contributed by atoms with Crippen molar-refractivity contribution in [1.29, 1.82) is 0 Å². The van der Waals surface area contributed by atoms with Crippen LogP contribution in [0.3, 0.4) is 0 Å². The van der Waals surface area contributed by atoms with E-state index in [9.17, 15) is 4.79 Å². The van der Waals surface area contributed by atoms with Crippen LogP contribution in [-0.2, 0) is 4.79 Å². The third-order valence-corrected chi connectivity index (χ3v) is 6.15. The predicted octanol–water partition coefficient (Wildman–Crippen LogP) is 3.33. The number of aryl methyl sites for hydroxylation is 3. The molecule has 3 aromatic rings. The molecule has 6 nitrogen and oxygen atoms in total. The lowest BCUT2D eigenvalue weighted by Gasteiger charge is -2.11. The van der Waals surface area contributed by atoms with Crippen LogP contribution < -0.4 is 5.73 Å². The van der Waals surface area contributed by atoms with Crippen molar-refractivity contribution in [1.82, 2.24) is 14.8 Å². The van der Waals surface area contributed by atoms with E-state index in [1.807, 2.05) is 11.5 Å². The summed E-state index contributed by atoms with van der Waals surface area (Å²) < 4.78 is 2.03.